The van der Waals surface area contributed by atoms with Crippen LogP contribution in [0.2, 0.25) is 0 Å². The fraction of sp³-hybridized carbons (Fsp3) is 0.143. The van der Waals surface area contributed by atoms with E-state index in [0.717, 1.165) is 16.9 Å². The molecule has 0 atom stereocenters. The van der Waals surface area contributed by atoms with Crippen LogP contribution in [-0.2, 0) is 0 Å². The number of aromatic nitrogens is 2. The van der Waals surface area contributed by atoms with Crippen LogP contribution < -0.4 is 4.74 Å². The summed E-state index contributed by atoms with van der Waals surface area (Å²) in [5, 5.41) is 15.4. The maximum absolute atomic E-state index is 9.66. The van der Waals surface area contributed by atoms with E-state index in [1.54, 1.807) is 18.6 Å². The van der Waals surface area contributed by atoms with Gasteiger partial charge >= 0.3 is 0 Å². The fourth-order valence-corrected chi connectivity index (χ4v) is 2.62. The van der Waals surface area contributed by atoms with Crippen LogP contribution in [-0.4, -0.2) is 22.4 Å². The SMILES string of the molecule is COc1ccc(-c2noc(-c3sccc3O)n2)cc1C. The normalized spacial score (nSPS) is 10.7. The lowest BCUT2D eigenvalue weighted by molar-refractivity contribution is 0.411. The van der Waals surface area contributed by atoms with Crippen LogP contribution in [0, 0.1) is 6.92 Å². The van der Waals surface area contributed by atoms with Crippen LogP contribution >= 0.6 is 11.3 Å². The Labute approximate surface area is 119 Å². The van der Waals surface area contributed by atoms with Gasteiger partial charge < -0.3 is 14.4 Å². The molecule has 5 nitrogen and oxygen atoms in total. The molecule has 0 aliphatic rings. The molecule has 0 saturated heterocycles. The maximum Gasteiger partial charge on any atom is 0.272 e. The molecule has 20 heavy (non-hydrogen) atoms. The number of rotatable bonds is 3. The predicted molar refractivity (Wildman–Crippen MR) is 76.0 cm³/mol. The highest BCUT2D eigenvalue weighted by Crippen LogP contribution is 2.34. The summed E-state index contributed by atoms with van der Waals surface area (Å²) in [5.74, 6) is 1.77. The Morgan fingerprint density at radius 2 is 2.15 bits per heavy atom. The van der Waals surface area contributed by atoms with Crippen molar-refractivity contribution >= 4 is 11.3 Å². The zero-order chi connectivity index (χ0) is 14.1. The van der Waals surface area contributed by atoms with Crippen molar-refractivity contribution in [3.05, 3.63) is 35.2 Å². The van der Waals surface area contributed by atoms with Gasteiger partial charge in [0.05, 0.1) is 7.11 Å². The van der Waals surface area contributed by atoms with Crippen LogP contribution in [0.5, 0.6) is 11.5 Å². The van der Waals surface area contributed by atoms with Crippen molar-refractivity contribution in [1.29, 1.82) is 0 Å². The van der Waals surface area contributed by atoms with Crippen molar-refractivity contribution in [2.75, 3.05) is 7.11 Å². The first kappa shape index (κ1) is 12.7. The number of thiophene rings is 1. The number of methoxy groups -OCH3 is 1. The minimum Gasteiger partial charge on any atom is -0.506 e. The molecule has 0 aliphatic heterocycles. The molecule has 102 valence electrons. The quantitative estimate of drug-likeness (QED) is 0.799. The first-order chi connectivity index (χ1) is 9.69. The van der Waals surface area contributed by atoms with Crippen molar-refractivity contribution in [1.82, 2.24) is 10.1 Å². The topological polar surface area (TPSA) is 68.4 Å². The molecule has 0 radical (unpaired) electrons. The lowest BCUT2D eigenvalue weighted by Gasteiger charge is -2.04. The van der Waals surface area contributed by atoms with Gasteiger partial charge in [-0.3, -0.25) is 0 Å². The van der Waals surface area contributed by atoms with Crippen LogP contribution in [0.15, 0.2) is 34.2 Å². The van der Waals surface area contributed by atoms with E-state index >= 15 is 0 Å². The van der Waals surface area contributed by atoms with E-state index in [1.165, 1.54) is 11.3 Å². The second-order valence-electron chi connectivity index (χ2n) is 4.24. The molecule has 0 aliphatic carbocycles. The molecule has 3 aromatic rings. The van der Waals surface area contributed by atoms with Crippen molar-refractivity contribution in [2.24, 2.45) is 0 Å². The van der Waals surface area contributed by atoms with Gasteiger partial charge in [0.15, 0.2) is 0 Å². The molecule has 0 amide bonds. The van der Waals surface area contributed by atoms with E-state index in [-0.39, 0.29) is 5.75 Å². The Morgan fingerprint density at radius 1 is 1.30 bits per heavy atom. The second kappa shape index (κ2) is 4.97. The molecular formula is C14H12N2O3S. The van der Waals surface area contributed by atoms with Gasteiger partial charge in [-0.1, -0.05) is 5.16 Å². The van der Waals surface area contributed by atoms with Crippen molar-refractivity contribution in [2.45, 2.75) is 6.92 Å². The van der Waals surface area contributed by atoms with Gasteiger partial charge in [-0.25, -0.2) is 0 Å². The zero-order valence-corrected chi connectivity index (χ0v) is 11.8. The van der Waals surface area contributed by atoms with Gasteiger partial charge in [-0.2, -0.15) is 4.98 Å². The average Bonchev–Trinajstić information content (AvgIpc) is 3.07. The van der Waals surface area contributed by atoms with Crippen LogP contribution in [0.3, 0.4) is 0 Å². The summed E-state index contributed by atoms with van der Waals surface area (Å²) >= 11 is 1.35. The Kier molecular flexibility index (Phi) is 3.15. The molecule has 0 unspecified atom stereocenters. The molecule has 2 aromatic heterocycles. The Bertz CT molecular complexity index is 748. The number of hydrogen-bond donors (Lipinski definition) is 1. The average molecular weight is 288 g/mol. The van der Waals surface area contributed by atoms with E-state index in [9.17, 15) is 5.11 Å². The largest absolute Gasteiger partial charge is 0.506 e. The number of ether oxygens (including phenoxy) is 1. The number of hydrogen-bond acceptors (Lipinski definition) is 6. The van der Waals surface area contributed by atoms with E-state index in [2.05, 4.69) is 10.1 Å². The van der Waals surface area contributed by atoms with Gasteiger partial charge in [0.25, 0.3) is 5.89 Å². The monoisotopic (exact) mass is 288 g/mol. The number of aryl methyl sites for hydroxylation is 1. The number of nitrogens with zero attached hydrogens (tertiary/aromatic N) is 2. The van der Waals surface area contributed by atoms with Crippen LogP contribution in [0.1, 0.15) is 5.56 Å². The molecule has 6 heteroatoms. The Hall–Kier alpha value is -2.34. The van der Waals surface area contributed by atoms with Gasteiger partial charge in [-0.15, -0.1) is 11.3 Å². The number of aromatic hydroxyl groups is 1. The fourth-order valence-electron chi connectivity index (χ4n) is 1.91. The summed E-state index contributed by atoms with van der Waals surface area (Å²) in [6, 6.07) is 7.27. The van der Waals surface area contributed by atoms with Gasteiger partial charge in [0.2, 0.25) is 5.82 Å². The van der Waals surface area contributed by atoms with E-state index in [0.29, 0.717) is 16.6 Å². The molecule has 0 saturated carbocycles. The molecule has 3 rings (SSSR count). The summed E-state index contributed by atoms with van der Waals surface area (Å²) in [6.45, 7) is 1.95. The van der Waals surface area contributed by atoms with Crippen molar-refractivity contribution in [3.63, 3.8) is 0 Å². The summed E-state index contributed by atoms with van der Waals surface area (Å²) in [4.78, 5) is 4.89. The lowest BCUT2D eigenvalue weighted by Crippen LogP contribution is -1.88. The summed E-state index contributed by atoms with van der Waals surface area (Å²) < 4.78 is 10.4. The third-order valence-electron chi connectivity index (χ3n) is 2.92. The Balaban J connectivity index is 1.98. The minimum absolute atomic E-state index is 0.149. The Morgan fingerprint density at radius 3 is 2.80 bits per heavy atom. The highest BCUT2D eigenvalue weighted by Gasteiger charge is 2.15. The van der Waals surface area contributed by atoms with Gasteiger partial charge in [0, 0.05) is 5.56 Å². The number of benzene rings is 1. The van der Waals surface area contributed by atoms with Crippen LogP contribution in [0.4, 0.5) is 0 Å². The van der Waals surface area contributed by atoms with Crippen molar-refractivity contribution < 1.29 is 14.4 Å². The smallest absolute Gasteiger partial charge is 0.272 e. The van der Waals surface area contributed by atoms with E-state index in [1.807, 2.05) is 25.1 Å². The molecule has 1 N–H and O–H groups in total. The first-order valence-electron chi connectivity index (χ1n) is 5.94. The maximum atomic E-state index is 9.66. The third-order valence-corrected chi connectivity index (χ3v) is 3.81. The summed E-state index contributed by atoms with van der Waals surface area (Å²) in [5.41, 5.74) is 1.84. The molecular weight excluding hydrogens is 276 g/mol. The molecule has 0 spiro atoms. The van der Waals surface area contributed by atoms with Gasteiger partial charge in [0.1, 0.15) is 16.4 Å². The van der Waals surface area contributed by atoms with Gasteiger partial charge in [-0.05, 0) is 42.1 Å². The molecule has 0 bridgehead atoms. The minimum atomic E-state index is 0.149. The van der Waals surface area contributed by atoms with Crippen LogP contribution in [0.25, 0.3) is 22.2 Å². The predicted octanol–water partition coefficient (Wildman–Crippen LogP) is 3.49. The first-order valence-corrected chi connectivity index (χ1v) is 6.82. The molecule has 0 fully saturated rings. The highest BCUT2D eigenvalue weighted by atomic mass is 32.1. The second-order valence-corrected chi connectivity index (χ2v) is 5.16. The van der Waals surface area contributed by atoms with Crippen molar-refractivity contribution in [3.8, 4) is 33.7 Å². The summed E-state index contributed by atoms with van der Waals surface area (Å²) in [6.07, 6.45) is 0. The van der Waals surface area contributed by atoms with E-state index in [4.69, 9.17) is 9.26 Å². The highest BCUT2D eigenvalue weighted by molar-refractivity contribution is 7.13. The molecule has 2 heterocycles. The standard InChI is InChI=1S/C14H12N2O3S/c1-8-7-9(3-4-11(8)18-2)13-15-14(19-16-13)12-10(17)5-6-20-12/h3-7,17H,1-2H3. The lowest BCUT2D eigenvalue weighted by atomic mass is 10.1. The zero-order valence-electron chi connectivity index (χ0n) is 11.0. The third kappa shape index (κ3) is 2.14. The van der Waals surface area contributed by atoms with E-state index < -0.39 is 0 Å². The molecule has 1 aromatic carbocycles. The summed E-state index contributed by atoms with van der Waals surface area (Å²) in [7, 11) is 1.63.